The molecule has 3 aromatic rings. The lowest BCUT2D eigenvalue weighted by atomic mass is 10.1. The van der Waals surface area contributed by atoms with Gasteiger partial charge in [0.05, 0.1) is 6.61 Å². The van der Waals surface area contributed by atoms with E-state index in [-0.39, 0.29) is 5.91 Å². The Bertz CT molecular complexity index is 933. The lowest BCUT2D eigenvalue weighted by molar-refractivity contribution is 0.0951. The molecule has 0 saturated carbocycles. The highest BCUT2D eigenvalue weighted by molar-refractivity contribution is 5.94. The first-order valence-corrected chi connectivity index (χ1v) is 8.20. The summed E-state index contributed by atoms with van der Waals surface area (Å²) >= 11 is 0. The molecule has 2 aromatic heterocycles. The highest BCUT2D eigenvalue weighted by Crippen LogP contribution is 2.25. The molecule has 0 saturated heterocycles. The Balaban J connectivity index is 1.46. The van der Waals surface area contributed by atoms with E-state index in [0.29, 0.717) is 18.7 Å². The van der Waals surface area contributed by atoms with Gasteiger partial charge in [0.25, 0.3) is 5.91 Å². The van der Waals surface area contributed by atoms with E-state index in [1.807, 2.05) is 42.0 Å². The number of ether oxygens (including phenoxy) is 1. The fourth-order valence-corrected chi connectivity index (χ4v) is 2.93. The van der Waals surface area contributed by atoms with Gasteiger partial charge < -0.3 is 10.1 Å². The molecule has 0 spiro atoms. The molecular weight excluding hydrogens is 316 g/mol. The van der Waals surface area contributed by atoms with Crippen LogP contribution in [0.1, 0.15) is 27.3 Å². The number of aryl methyl sites for hydroxylation is 1. The average Bonchev–Trinajstić information content (AvgIpc) is 3.27. The molecule has 0 unspecified atom stereocenters. The van der Waals surface area contributed by atoms with Gasteiger partial charge in [-0.25, -0.2) is 9.97 Å². The minimum atomic E-state index is -0.0909. The van der Waals surface area contributed by atoms with Crippen molar-refractivity contribution in [2.75, 3.05) is 6.61 Å². The van der Waals surface area contributed by atoms with Crippen molar-refractivity contribution in [3.63, 3.8) is 0 Å². The summed E-state index contributed by atoms with van der Waals surface area (Å²) in [5.74, 6) is 2.45. The van der Waals surface area contributed by atoms with Crippen molar-refractivity contribution in [3.8, 4) is 11.6 Å². The second-order valence-electron chi connectivity index (χ2n) is 5.97. The van der Waals surface area contributed by atoms with Gasteiger partial charge in [0.2, 0.25) is 0 Å². The maximum atomic E-state index is 12.4. The van der Waals surface area contributed by atoms with Crippen LogP contribution < -0.4 is 10.1 Å². The first-order valence-electron chi connectivity index (χ1n) is 8.20. The quantitative estimate of drug-likeness (QED) is 0.796. The van der Waals surface area contributed by atoms with Crippen molar-refractivity contribution in [2.24, 2.45) is 0 Å². The third-order valence-electron chi connectivity index (χ3n) is 4.29. The number of hydrogen-bond acceptors (Lipinski definition) is 4. The highest BCUT2D eigenvalue weighted by Gasteiger charge is 2.15. The van der Waals surface area contributed by atoms with Crippen molar-refractivity contribution < 1.29 is 9.53 Å². The van der Waals surface area contributed by atoms with Crippen LogP contribution in [0.3, 0.4) is 0 Å². The van der Waals surface area contributed by atoms with Gasteiger partial charge in [0, 0.05) is 37.1 Å². The summed E-state index contributed by atoms with van der Waals surface area (Å²) in [4.78, 5) is 21.0. The first kappa shape index (κ1) is 15.4. The van der Waals surface area contributed by atoms with Gasteiger partial charge in [-0.05, 0) is 48.4 Å². The number of rotatable bonds is 4. The lowest BCUT2D eigenvalue weighted by Gasteiger charge is -2.09. The van der Waals surface area contributed by atoms with Gasteiger partial charge in [0.15, 0.2) is 0 Å². The van der Waals surface area contributed by atoms with Crippen molar-refractivity contribution in [1.82, 2.24) is 19.9 Å². The zero-order chi connectivity index (χ0) is 17.2. The Hall–Kier alpha value is -3.15. The van der Waals surface area contributed by atoms with Crippen LogP contribution in [-0.2, 0) is 13.0 Å². The van der Waals surface area contributed by atoms with Crippen molar-refractivity contribution in [2.45, 2.75) is 19.9 Å². The average molecular weight is 334 g/mol. The molecule has 3 heterocycles. The molecule has 6 nitrogen and oxygen atoms in total. The first-order chi connectivity index (χ1) is 12.2. The van der Waals surface area contributed by atoms with Crippen LogP contribution in [0.5, 0.6) is 5.75 Å². The van der Waals surface area contributed by atoms with Crippen LogP contribution in [-0.4, -0.2) is 27.0 Å². The summed E-state index contributed by atoms with van der Waals surface area (Å²) in [6.07, 6.45) is 6.20. The van der Waals surface area contributed by atoms with Crippen molar-refractivity contribution in [3.05, 3.63) is 71.4 Å². The topological polar surface area (TPSA) is 69.0 Å². The molecule has 0 aliphatic carbocycles. The van der Waals surface area contributed by atoms with Gasteiger partial charge in [0.1, 0.15) is 17.4 Å². The van der Waals surface area contributed by atoms with Gasteiger partial charge in [-0.15, -0.1) is 0 Å². The fourth-order valence-electron chi connectivity index (χ4n) is 2.93. The van der Waals surface area contributed by atoms with Crippen LogP contribution in [0.4, 0.5) is 0 Å². The van der Waals surface area contributed by atoms with E-state index in [4.69, 9.17) is 4.74 Å². The minimum absolute atomic E-state index is 0.0909. The molecule has 0 atom stereocenters. The molecule has 1 amide bonds. The molecule has 126 valence electrons. The number of hydrogen-bond donors (Lipinski definition) is 1. The minimum Gasteiger partial charge on any atom is -0.493 e. The van der Waals surface area contributed by atoms with Gasteiger partial charge in [-0.2, -0.15) is 0 Å². The Morgan fingerprint density at radius 2 is 2.16 bits per heavy atom. The Morgan fingerprint density at radius 3 is 3.00 bits per heavy atom. The largest absolute Gasteiger partial charge is 0.493 e. The molecule has 1 N–H and O–H groups in total. The molecule has 0 radical (unpaired) electrons. The van der Waals surface area contributed by atoms with E-state index >= 15 is 0 Å². The van der Waals surface area contributed by atoms with E-state index < -0.39 is 0 Å². The second-order valence-corrected chi connectivity index (χ2v) is 5.97. The number of carbonyl (C=O) groups excluding carboxylic acids is 1. The normalized spacial score (nSPS) is 12.5. The molecule has 0 bridgehead atoms. The SMILES string of the molecule is Cc1nccn1-c1cc(CNC(=O)c2ccc3c(c2)CCO3)ccn1. The monoisotopic (exact) mass is 334 g/mol. The fraction of sp³-hybridized carbons (Fsp3) is 0.211. The lowest BCUT2D eigenvalue weighted by Crippen LogP contribution is -2.23. The van der Waals surface area contributed by atoms with E-state index in [1.54, 1.807) is 18.5 Å². The van der Waals surface area contributed by atoms with Crippen LogP contribution in [0.15, 0.2) is 48.9 Å². The molecule has 1 aliphatic rings. The number of carbonyl (C=O) groups is 1. The predicted molar refractivity (Wildman–Crippen MR) is 92.9 cm³/mol. The molecule has 6 heteroatoms. The third-order valence-corrected chi connectivity index (χ3v) is 4.29. The van der Waals surface area contributed by atoms with Gasteiger partial charge in [-0.1, -0.05) is 0 Å². The number of aromatic nitrogens is 3. The number of imidazole rings is 1. The van der Waals surface area contributed by atoms with E-state index in [2.05, 4.69) is 15.3 Å². The smallest absolute Gasteiger partial charge is 0.251 e. The van der Waals surface area contributed by atoms with Gasteiger partial charge >= 0.3 is 0 Å². The van der Waals surface area contributed by atoms with Crippen LogP contribution in [0.2, 0.25) is 0 Å². The molecule has 25 heavy (non-hydrogen) atoms. The van der Waals surface area contributed by atoms with Crippen LogP contribution in [0, 0.1) is 6.92 Å². The summed E-state index contributed by atoms with van der Waals surface area (Å²) in [6.45, 7) is 3.05. The predicted octanol–water partition coefficient (Wildman–Crippen LogP) is 2.44. The maximum absolute atomic E-state index is 12.4. The zero-order valence-electron chi connectivity index (χ0n) is 13.9. The number of nitrogens with one attached hydrogen (secondary N) is 1. The molecule has 4 rings (SSSR count). The van der Waals surface area contributed by atoms with Crippen LogP contribution >= 0.6 is 0 Å². The maximum Gasteiger partial charge on any atom is 0.251 e. The Morgan fingerprint density at radius 1 is 1.24 bits per heavy atom. The molecule has 1 aliphatic heterocycles. The van der Waals surface area contributed by atoms with E-state index in [0.717, 1.165) is 34.9 Å². The van der Waals surface area contributed by atoms with E-state index in [9.17, 15) is 4.79 Å². The van der Waals surface area contributed by atoms with Crippen LogP contribution in [0.25, 0.3) is 5.82 Å². The Kier molecular flexibility index (Phi) is 3.93. The second kappa shape index (κ2) is 6.39. The summed E-state index contributed by atoms with van der Waals surface area (Å²) in [7, 11) is 0. The number of nitrogens with zero attached hydrogens (tertiary/aromatic N) is 3. The van der Waals surface area contributed by atoms with Crippen molar-refractivity contribution in [1.29, 1.82) is 0 Å². The number of fused-ring (bicyclic) bond motifs is 1. The Labute approximate surface area is 145 Å². The summed E-state index contributed by atoms with van der Waals surface area (Å²) < 4.78 is 7.38. The summed E-state index contributed by atoms with van der Waals surface area (Å²) in [5.41, 5.74) is 2.73. The number of pyridine rings is 1. The van der Waals surface area contributed by atoms with Gasteiger partial charge in [-0.3, -0.25) is 9.36 Å². The van der Waals surface area contributed by atoms with Crippen molar-refractivity contribution >= 4 is 5.91 Å². The standard InChI is InChI=1S/C19H18N4O2/c1-13-20-7-8-23(13)18-10-14(4-6-21-18)12-22-19(24)16-2-3-17-15(11-16)5-9-25-17/h2-4,6-8,10-11H,5,9,12H2,1H3,(H,22,24). The summed E-state index contributed by atoms with van der Waals surface area (Å²) in [5, 5.41) is 2.96. The molecule has 1 aromatic carbocycles. The molecule has 0 fully saturated rings. The number of amides is 1. The zero-order valence-corrected chi connectivity index (χ0v) is 13.9. The molecular formula is C19H18N4O2. The third kappa shape index (κ3) is 3.10. The highest BCUT2D eigenvalue weighted by atomic mass is 16.5. The number of benzene rings is 1. The van der Waals surface area contributed by atoms with E-state index in [1.165, 1.54) is 0 Å². The summed E-state index contributed by atoms with van der Waals surface area (Å²) in [6, 6.07) is 9.42.